The summed E-state index contributed by atoms with van der Waals surface area (Å²) in [5.74, 6) is -1.97. The fourth-order valence-electron chi connectivity index (χ4n) is 1.22. The van der Waals surface area contributed by atoms with Gasteiger partial charge >= 0.3 is 6.18 Å². The zero-order valence-electron chi connectivity index (χ0n) is 7.65. The Morgan fingerprint density at radius 2 is 1.88 bits per heavy atom. The predicted octanol–water partition coefficient (Wildman–Crippen LogP) is 2.64. The number of pyridine rings is 1. The molecule has 0 amide bonds. The number of halogens is 6. The molecule has 16 heavy (non-hydrogen) atoms. The van der Waals surface area contributed by atoms with Gasteiger partial charge in [-0.2, -0.15) is 17.6 Å². The highest BCUT2D eigenvalue weighted by Crippen LogP contribution is 2.38. The SMILES string of the molecule is NCc1cnc(F)c(C(F)(F)F)c1C(F)F. The number of nitrogens with two attached hydrogens (primary N) is 1. The molecule has 0 unspecified atom stereocenters. The van der Waals surface area contributed by atoms with Gasteiger partial charge in [0.25, 0.3) is 6.43 Å². The monoisotopic (exact) mass is 244 g/mol. The summed E-state index contributed by atoms with van der Waals surface area (Å²) in [4.78, 5) is 2.76. The predicted molar refractivity (Wildman–Crippen MR) is 42.0 cm³/mol. The maximum Gasteiger partial charge on any atom is 0.421 e. The molecule has 0 aliphatic rings. The van der Waals surface area contributed by atoms with Gasteiger partial charge in [0, 0.05) is 18.3 Å². The van der Waals surface area contributed by atoms with Crippen LogP contribution < -0.4 is 5.73 Å². The van der Waals surface area contributed by atoms with Crippen molar-refractivity contribution in [3.8, 4) is 0 Å². The van der Waals surface area contributed by atoms with E-state index in [1.54, 1.807) is 0 Å². The van der Waals surface area contributed by atoms with Crippen molar-refractivity contribution in [1.29, 1.82) is 0 Å². The van der Waals surface area contributed by atoms with Gasteiger partial charge in [0.1, 0.15) is 5.56 Å². The molecule has 0 aromatic carbocycles. The lowest BCUT2D eigenvalue weighted by Gasteiger charge is -2.15. The van der Waals surface area contributed by atoms with Crippen molar-refractivity contribution in [1.82, 2.24) is 4.98 Å². The molecular weight excluding hydrogens is 238 g/mol. The van der Waals surface area contributed by atoms with Crippen LogP contribution in [0.1, 0.15) is 23.1 Å². The van der Waals surface area contributed by atoms with Crippen LogP contribution in [-0.2, 0) is 12.7 Å². The summed E-state index contributed by atoms with van der Waals surface area (Å²) in [5, 5.41) is 0. The molecule has 2 nitrogen and oxygen atoms in total. The van der Waals surface area contributed by atoms with Crippen molar-refractivity contribution in [2.75, 3.05) is 0 Å². The van der Waals surface area contributed by atoms with Crippen molar-refractivity contribution in [2.24, 2.45) is 5.73 Å². The third kappa shape index (κ3) is 2.26. The highest BCUT2D eigenvalue weighted by Gasteiger charge is 2.41. The molecule has 1 aromatic heterocycles. The standard InChI is InChI=1S/C8H6F6N2/c9-6(10)4-3(1-15)2-16-7(11)5(4)8(12,13)14/h2,6H,1,15H2. The number of hydrogen-bond donors (Lipinski definition) is 1. The van der Waals surface area contributed by atoms with Crippen molar-refractivity contribution in [3.63, 3.8) is 0 Å². The average Bonchev–Trinajstić information content (AvgIpc) is 2.15. The van der Waals surface area contributed by atoms with Gasteiger partial charge < -0.3 is 5.73 Å². The van der Waals surface area contributed by atoms with Crippen molar-refractivity contribution >= 4 is 0 Å². The first-order valence-corrected chi connectivity index (χ1v) is 4.01. The number of rotatable bonds is 2. The third-order valence-electron chi connectivity index (χ3n) is 1.88. The first kappa shape index (κ1) is 12.8. The van der Waals surface area contributed by atoms with E-state index < -0.39 is 41.8 Å². The van der Waals surface area contributed by atoms with Crippen LogP contribution in [0.4, 0.5) is 26.3 Å². The maximum atomic E-state index is 12.8. The lowest BCUT2D eigenvalue weighted by atomic mass is 10.0. The van der Waals surface area contributed by atoms with Crippen LogP contribution in [0.25, 0.3) is 0 Å². The van der Waals surface area contributed by atoms with E-state index in [1.807, 2.05) is 0 Å². The minimum Gasteiger partial charge on any atom is -0.326 e. The Bertz CT molecular complexity index is 387. The van der Waals surface area contributed by atoms with E-state index in [-0.39, 0.29) is 0 Å². The molecule has 0 saturated carbocycles. The normalized spacial score (nSPS) is 12.2. The van der Waals surface area contributed by atoms with Crippen molar-refractivity contribution < 1.29 is 26.3 Å². The van der Waals surface area contributed by atoms with Gasteiger partial charge in [-0.25, -0.2) is 13.8 Å². The lowest BCUT2D eigenvalue weighted by Crippen LogP contribution is -2.17. The van der Waals surface area contributed by atoms with E-state index in [1.165, 1.54) is 0 Å². The zero-order valence-corrected chi connectivity index (χ0v) is 7.65. The van der Waals surface area contributed by atoms with E-state index in [0.29, 0.717) is 6.20 Å². The summed E-state index contributed by atoms with van der Waals surface area (Å²) in [7, 11) is 0. The van der Waals surface area contributed by atoms with Gasteiger partial charge in [0.05, 0.1) is 0 Å². The Balaban J connectivity index is 3.55. The smallest absolute Gasteiger partial charge is 0.326 e. The highest BCUT2D eigenvalue weighted by molar-refractivity contribution is 5.35. The van der Waals surface area contributed by atoms with Gasteiger partial charge in [0.2, 0.25) is 5.95 Å². The summed E-state index contributed by atoms with van der Waals surface area (Å²) >= 11 is 0. The molecule has 2 N–H and O–H groups in total. The van der Waals surface area contributed by atoms with Gasteiger partial charge in [0.15, 0.2) is 0 Å². The first-order chi connectivity index (χ1) is 7.29. The largest absolute Gasteiger partial charge is 0.421 e. The number of nitrogens with zero attached hydrogens (tertiary/aromatic N) is 1. The molecule has 8 heteroatoms. The maximum absolute atomic E-state index is 12.8. The van der Waals surface area contributed by atoms with Crippen LogP contribution in [0, 0.1) is 5.95 Å². The molecule has 1 heterocycles. The van der Waals surface area contributed by atoms with E-state index in [0.717, 1.165) is 0 Å². The van der Waals surface area contributed by atoms with E-state index in [2.05, 4.69) is 4.98 Å². The molecule has 0 spiro atoms. The Labute approximate surface area is 86.1 Å². The van der Waals surface area contributed by atoms with Gasteiger partial charge in [-0.3, -0.25) is 0 Å². The van der Waals surface area contributed by atoms with E-state index in [9.17, 15) is 26.3 Å². The van der Waals surface area contributed by atoms with Crippen LogP contribution >= 0.6 is 0 Å². The van der Waals surface area contributed by atoms with Crippen LogP contribution in [0.5, 0.6) is 0 Å². The highest BCUT2D eigenvalue weighted by atomic mass is 19.4. The summed E-state index contributed by atoms with van der Waals surface area (Å²) in [5.41, 5.74) is 0.971. The first-order valence-electron chi connectivity index (χ1n) is 4.01. The number of alkyl halides is 5. The Kier molecular flexibility index (Phi) is 3.41. The van der Waals surface area contributed by atoms with Crippen molar-refractivity contribution in [2.45, 2.75) is 19.1 Å². The second-order valence-corrected chi connectivity index (χ2v) is 2.87. The second kappa shape index (κ2) is 4.28. The van der Waals surface area contributed by atoms with Gasteiger partial charge in [-0.1, -0.05) is 0 Å². The second-order valence-electron chi connectivity index (χ2n) is 2.87. The molecule has 90 valence electrons. The molecule has 0 bridgehead atoms. The Morgan fingerprint density at radius 1 is 1.31 bits per heavy atom. The molecule has 0 aliphatic carbocycles. The lowest BCUT2D eigenvalue weighted by molar-refractivity contribution is -0.142. The summed E-state index contributed by atoms with van der Waals surface area (Å²) < 4.78 is 74.7. The van der Waals surface area contributed by atoms with Crippen molar-refractivity contribution in [3.05, 3.63) is 28.8 Å². The van der Waals surface area contributed by atoms with Crippen LogP contribution in [-0.4, -0.2) is 4.98 Å². The van der Waals surface area contributed by atoms with Crippen LogP contribution in [0.15, 0.2) is 6.20 Å². The molecule has 0 aliphatic heterocycles. The quantitative estimate of drug-likeness (QED) is 0.641. The Hall–Kier alpha value is -1.31. The van der Waals surface area contributed by atoms with Gasteiger partial charge in [-0.05, 0) is 5.56 Å². The minimum atomic E-state index is -5.23. The van der Waals surface area contributed by atoms with Crippen LogP contribution in [0.3, 0.4) is 0 Å². The third-order valence-corrected chi connectivity index (χ3v) is 1.88. The Morgan fingerprint density at radius 3 is 2.25 bits per heavy atom. The fourth-order valence-corrected chi connectivity index (χ4v) is 1.22. The van der Waals surface area contributed by atoms with Gasteiger partial charge in [-0.15, -0.1) is 0 Å². The zero-order chi connectivity index (χ0) is 12.5. The fraction of sp³-hybridized carbons (Fsp3) is 0.375. The molecule has 0 fully saturated rings. The van der Waals surface area contributed by atoms with E-state index >= 15 is 0 Å². The average molecular weight is 244 g/mol. The minimum absolute atomic E-state index is 0.524. The molecule has 0 saturated heterocycles. The molecule has 0 radical (unpaired) electrons. The summed E-state index contributed by atoms with van der Waals surface area (Å²) in [6, 6.07) is 0. The summed E-state index contributed by atoms with van der Waals surface area (Å²) in [6.07, 6.45) is -8.12. The molecule has 0 atom stereocenters. The topological polar surface area (TPSA) is 38.9 Å². The molecule has 1 rings (SSSR count). The molecule has 1 aromatic rings. The van der Waals surface area contributed by atoms with E-state index in [4.69, 9.17) is 5.73 Å². The molecular formula is C8H6F6N2. The van der Waals surface area contributed by atoms with Crippen LogP contribution in [0.2, 0.25) is 0 Å². The number of hydrogen-bond acceptors (Lipinski definition) is 2. The summed E-state index contributed by atoms with van der Waals surface area (Å²) in [6.45, 7) is -0.573. The number of aromatic nitrogens is 1.